The van der Waals surface area contributed by atoms with Gasteiger partial charge in [0.2, 0.25) is 0 Å². The van der Waals surface area contributed by atoms with Crippen LogP contribution in [-0.2, 0) is 12.8 Å². The van der Waals surface area contributed by atoms with Crippen LogP contribution in [0.4, 0.5) is 0 Å². The van der Waals surface area contributed by atoms with E-state index in [1.165, 1.54) is 24.2 Å². The minimum atomic E-state index is 0.875. The van der Waals surface area contributed by atoms with Gasteiger partial charge in [0.15, 0.2) is 0 Å². The summed E-state index contributed by atoms with van der Waals surface area (Å²) >= 11 is 6.13. The van der Waals surface area contributed by atoms with Gasteiger partial charge in [-0.05, 0) is 36.1 Å². The van der Waals surface area contributed by atoms with Crippen LogP contribution < -0.4 is 5.32 Å². The molecule has 1 aromatic rings. The maximum Gasteiger partial charge on any atom is 0.0411 e. The smallest absolute Gasteiger partial charge is 0.0411 e. The molecule has 0 bridgehead atoms. The van der Waals surface area contributed by atoms with Crippen LogP contribution in [0.2, 0.25) is 5.02 Å². The van der Waals surface area contributed by atoms with Gasteiger partial charge >= 0.3 is 0 Å². The number of aryl methyl sites for hydroxylation is 1. The van der Waals surface area contributed by atoms with Crippen LogP contribution >= 0.6 is 11.6 Å². The first kappa shape index (κ1) is 12.9. The SMILES string of the molecule is CCc1cc(Cl)cc(CCN2CCNCC2)c1. The van der Waals surface area contributed by atoms with Crippen LogP contribution in [0.15, 0.2) is 18.2 Å². The molecule has 2 rings (SSSR count). The molecule has 3 heteroatoms. The second kappa shape index (κ2) is 6.39. The fourth-order valence-electron chi connectivity index (χ4n) is 2.29. The van der Waals surface area contributed by atoms with Crippen molar-refractivity contribution in [2.45, 2.75) is 19.8 Å². The standard InChI is InChI=1S/C14H21ClN2/c1-2-12-9-13(11-14(15)10-12)3-6-17-7-4-16-5-8-17/h9-11,16H,2-8H2,1H3. The van der Waals surface area contributed by atoms with Crippen LogP contribution in [0.3, 0.4) is 0 Å². The molecule has 1 aliphatic heterocycles. The predicted molar refractivity (Wildman–Crippen MR) is 73.8 cm³/mol. The number of hydrogen-bond donors (Lipinski definition) is 1. The third kappa shape index (κ3) is 3.98. The van der Waals surface area contributed by atoms with E-state index in [1.807, 2.05) is 0 Å². The molecule has 0 saturated carbocycles. The molecular formula is C14H21ClN2. The van der Waals surface area contributed by atoms with Crippen molar-refractivity contribution in [2.75, 3.05) is 32.7 Å². The second-order valence-corrected chi connectivity index (χ2v) is 5.10. The zero-order valence-corrected chi connectivity index (χ0v) is 11.3. The number of hydrogen-bond acceptors (Lipinski definition) is 2. The van der Waals surface area contributed by atoms with E-state index in [0.717, 1.165) is 37.5 Å². The van der Waals surface area contributed by atoms with Gasteiger partial charge in [-0.15, -0.1) is 0 Å². The molecule has 94 valence electrons. The van der Waals surface area contributed by atoms with Crippen LogP contribution in [-0.4, -0.2) is 37.6 Å². The third-order valence-electron chi connectivity index (χ3n) is 3.35. The molecular weight excluding hydrogens is 232 g/mol. The van der Waals surface area contributed by atoms with E-state index in [1.54, 1.807) is 0 Å². The van der Waals surface area contributed by atoms with Gasteiger partial charge in [0, 0.05) is 37.7 Å². The molecule has 1 saturated heterocycles. The molecule has 0 aromatic heterocycles. The summed E-state index contributed by atoms with van der Waals surface area (Å²) in [5.74, 6) is 0. The Hall–Kier alpha value is -0.570. The van der Waals surface area contributed by atoms with Crippen molar-refractivity contribution in [2.24, 2.45) is 0 Å². The van der Waals surface area contributed by atoms with Crippen molar-refractivity contribution in [1.82, 2.24) is 10.2 Å². The lowest BCUT2D eigenvalue weighted by molar-refractivity contribution is 0.244. The zero-order chi connectivity index (χ0) is 12.1. The molecule has 1 fully saturated rings. The van der Waals surface area contributed by atoms with E-state index in [9.17, 15) is 0 Å². The monoisotopic (exact) mass is 252 g/mol. The highest BCUT2D eigenvalue weighted by Gasteiger charge is 2.09. The highest BCUT2D eigenvalue weighted by atomic mass is 35.5. The summed E-state index contributed by atoms with van der Waals surface area (Å²) in [6.45, 7) is 7.89. The first-order chi connectivity index (χ1) is 8.28. The second-order valence-electron chi connectivity index (χ2n) is 4.66. The lowest BCUT2D eigenvalue weighted by atomic mass is 10.1. The average Bonchev–Trinajstić information content (AvgIpc) is 2.37. The molecule has 0 unspecified atom stereocenters. The van der Waals surface area contributed by atoms with E-state index in [4.69, 9.17) is 11.6 Å². The highest BCUT2D eigenvalue weighted by Crippen LogP contribution is 2.16. The summed E-state index contributed by atoms with van der Waals surface area (Å²) in [5, 5.41) is 4.25. The summed E-state index contributed by atoms with van der Waals surface area (Å²) in [6.07, 6.45) is 2.16. The average molecular weight is 253 g/mol. The molecule has 1 heterocycles. The lowest BCUT2D eigenvalue weighted by Crippen LogP contribution is -2.44. The van der Waals surface area contributed by atoms with Crippen LogP contribution in [0, 0.1) is 0 Å². The minimum absolute atomic E-state index is 0.875. The molecule has 0 amide bonds. The summed E-state index contributed by atoms with van der Waals surface area (Å²) in [7, 11) is 0. The van der Waals surface area contributed by atoms with E-state index >= 15 is 0 Å². The van der Waals surface area contributed by atoms with Crippen molar-refractivity contribution in [3.8, 4) is 0 Å². The Morgan fingerprint density at radius 1 is 1.18 bits per heavy atom. The quantitative estimate of drug-likeness (QED) is 0.885. The number of nitrogens with one attached hydrogen (secondary N) is 1. The molecule has 1 aromatic carbocycles. The minimum Gasteiger partial charge on any atom is -0.314 e. The maximum atomic E-state index is 6.13. The van der Waals surface area contributed by atoms with Gasteiger partial charge in [-0.3, -0.25) is 0 Å². The topological polar surface area (TPSA) is 15.3 Å². The van der Waals surface area contributed by atoms with Crippen LogP contribution in [0.25, 0.3) is 0 Å². The van der Waals surface area contributed by atoms with Crippen molar-refractivity contribution < 1.29 is 0 Å². The fraction of sp³-hybridized carbons (Fsp3) is 0.571. The van der Waals surface area contributed by atoms with E-state index in [-0.39, 0.29) is 0 Å². The third-order valence-corrected chi connectivity index (χ3v) is 3.57. The molecule has 17 heavy (non-hydrogen) atoms. The Labute approximate surface area is 109 Å². The summed E-state index contributed by atoms with van der Waals surface area (Å²) in [5.41, 5.74) is 2.71. The van der Waals surface area contributed by atoms with Gasteiger partial charge in [0.1, 0.15) is 0 Å². The van der Waals surface area contributed by atoms with Gasteiger partial charge in [0.25, 0.3) is 0 Å². The maximum absolute atomic E-state index is 6.13. The molecule has 2 nitrogen and oxygen atoms in total. The Kier molecular flexibility index (Phi) is 4.84. The van der Waals surface area contributed by atoms with Crippen molar-refractivity contribution in [3.05, 3.63) is 34.3 Å². The van der Waals surface area contributed by atoms with Crippen molar-refractivity contribution >= 4 is 11.6 Å². The Bertz CT molecular complexity index is 359. The number of benzene rings is 1. The molecule has 1 aliphatic rings. The fourth-order valence-corrected chi connectivity index (χ4v) is 2.57. The van der Waals surface area contributed by atoms with E-state index < -0.39 is 0 Å². The van der Waals surface area contributed by atoms with E-state index in [0.29, 0.717) is 0 Å². The molecule has 1 N–H and O–H groups in total. The van der Waals surface area contributed by atoms with Gasteiger partial charge in [0.05, 0.1) is 0 Å². The number of piperazine rings is 1. The number of rotatable bonds is 4. The van der Waals surface area contributed by atoms with Crippen LogP contribution in [0.5, 0.6) is 0 Å². The van der Waals surface area contributed by atoms with Gasteiger partial charge in [-0.1, -0.05) is 24.6 Å². The Balaban J connectivity index is 1.91. The van der Waals surface area contributed by atoms with Gasteiger partial charge < -0.3 is 10.2 Å². The van der Waals surface area contributed by atoms with Crippen LogP contribution in [0.1, 0.15) is 18.1 Å². The van der Waals surface area contributed by atoms with Gasteiger partial charge in [-0.2, -0.15) is 0 Å². The summed E-state index contributed by atoms with van der Waals surface area (Å²) < 4.78 is 0. The largest absolute Gasteiger partial charge is 0.314 e. The molecule has 0 aliphatic carbocycles. The molecule has 0 radical (unpaired) electrons. The number of nitrogens with zero attached hydrogens (tertiary/aromatic N) is 1. The predicted octanol–water partition coefficient (Wildman–Crippen LogP) is 2.35. The molecule has 0 spiro atoms. The van der Waals surface area contributed by atoms with Crippen molar-refractivity contribution in [1.29, 1.82) is 0 Å². The Morgan fingerprint density at radius 2 is 1.88 bits per heavy atom. The lowest BCUT2D eigenvalue weighted by Gasteiger charge is -2.27. The normalized spacial score (nSPS) is 17.3. The Morgan fingerprint density at radius 3 is 2.59 bits per heavy atom. The highest BCUT2D eigenvalue weighted by molar-refractivity contribution is 6.30. The summed E-state index contributed by atoms with van der Waals surface area (Å²) in [6, 6.07) is 6.45. The summed E-state index contributed by atoms with van der Waals surface area (Å²) in [4.78, 5) is 2.52. The molecule has 0 atom stereocenters. The zero-order valence-electron chi connectivity index (χ0n) is 10.5. The van der Waals surface area contributed by atoms with Gasteiger partial charge in [-0.25, -0.2) is 0 Å². The van der Waals surface area contributed by atoms with Crippen molar-refractivity contribution in [3.63, 3.8) is 0 Å². The first-order valence-electron chi connectivity index (χ1n) is 6.49. The van der Waals surface area contributed by atoms with E-state index in [2.05, 4.69) is 35.3 Å². The first-order valence-corrected chi connectivity index (χ1v) is 6.87. The number of halogens is 1.